The van der Waals surface area contributed by atoms with Crippen molar-refractivity contribution in [1.82, 2.24) is 0 Å². The minimum Gasteiger partial charge on any atom is -0.457 e. The van der Waals surface area contributed by atoms with Gasteiger partial charge in [0.2, 0.25) is 0 Å². The van der Waals surface area contributed by atoms with Gasteiger partial charge in [0.25, 0.3) is 0 Å². The van der Waals surface area contributed by atoms with Gasteiger partial charge in [-0.2, -0.15) is 0 Å². The van der Waals surface area contributed by atoms with E-state index >= 15 is 0 Å². The molecule has 0 amide bonds. The van der Waals surface area contributed by atoms with Gasteiger partial charge in [0.15, 0.2) is 18.5 Å². The molecular formula is C16H20O7. The number of methoxy groups -OCH3 is 1. The summed E-state index contributed by atoms with van der Waals surface area (Å²) in [6, 6.07) is 8.34. The molecular weight excluding hydrogens is 304 g/mol. The highest BCUT2D eigenvalue weighted by molar-refractivity contribution is 5.89. The second-order valence-corrected chi connectivity index (χ2v) is 5.25. The van der Waals surface area contributed by atoms with Crippen LogP contribution in [-0.4, -0.2) is 54.9 Å². The monoisotopic (exact) mass is 324 g/mol. The van der Waals surface area contributed by atoms with E-state index in [1.807, 2.05) is 0 Å². The number of aliphatic hydroxyl groups is 1. The van der Waals surface area contributed by atoms with Gasteiger partial charge in [-0.25, -0.2) is 4.79 Å². The molecule has 5 atom stereocenters. The molecule has 1 saturated heterocycles. The highest BCUT2D eigenvalue weighted by atomic mass is 16.7. The normalized spacial score (nSPS) is 30.5. The van der Waals surface area contributed by atoms with Crippen LogP contribution in [0.2, 0.25) is 0 Å². The van der Waals surface area contributed by atoms with Crippen LogP contribution in [0.4, 0.5) is 0 Å². The molecule has 1 aliphatic heterocycles. The Balaban J connectivity index is 2.16. The molecule has 0 aromatic heterocycles. The Morgan fingerprint density at radius 1 is 1.13 bits per heavy atom. The number of esters is 2. The van der Waals surface area contributed by atoms with Crippen LogP contribution in [-0.2, 0) is 23.7 Å². The van der Waals surface area contributed by atoms with Crippen LogP contribution >= 0.6 is 0 Å². The Kier molecular flexibility index (Phi) is 5.70. The molecule has 0 radical (unpaired) electrons. The zero-order valence-corrected chi connectivity index (χ0v) is 13.2. The number of benzene rings is 1. The van der Waals surface area contributed by atoms with Gasteiger partial charge in [-0.15, -0.1) is 0 Å². The third-order valence-corrected chi connectivity index (χ3v) is 3.54. The van der Waals surface area contributed by atoms with Crippen molar-refractivity contribution in [3.63, 3.8) is 0 Å². The van der Waals surface area contributed by atoms with Gasteiger partial charge < -0.3 is 24.1 Å². The molecule has 1 fully saturated rings. The summed E-state index contributed by atoms with van der Waals surface area (Å²) in [5.74, 6) is -1.19. The van der Waals surface area contributed by atoms with E-state index in [0.717, 1.165) is 0 Å². The zero-order chi connectivity index (χ0) is 17.0. The van der Waals surface area contributed by atoms with Gasteiger partial charge in [-0.3, -0.25) is 4.79 Å². The maximum Gasteiger partial charge on any atom is 0.338 e. The quantitative estimate of drug-likeness (QED) is 0.823. The first-order valence-corrected chi connectivity index (χ1v) is 7.23. The Labute approximate surface area is 134 Å². The maximum atomic E-state index is 12.2. The third kappa shape index (κ3) is 4.07. The number of carbonyl (C=O) groups excluding carboxylic acids is 2. The molecule has 2 rings (SSSR count). The van der Waals surface area contributed by atoms with E-state index in [9.17, 15) is 14.7 Å². The molecule has 0 bridgehead atoms. The summed E-state index contributed by atoms with van der Waals surface area (Å²) in [5.41, 5.74) is 0.331. The first-order chi connectivity index (χ1) is 10.9. The standard InChI is InChI=1S/C16H20O7/c1-9-13(22-10(2)17)12(18)14(16(20-3)21-9)23-15(19)11-7-5-4-6-8-11/h4-9,12-14,16,18H,1-3H3/t9-,12+,13+,14-,16+/m1/s1. The fourth-order valence-electron chi connectivity index (χ4n) is 2.43. The Hall–Kier alpha value is -1.96. The van der Waals surface area contributed by atoms with Crippen molar-refractivity contribution < 1.29 is 33.6 Å². The molecule has 126 valence electrons. The van der Waals surface area contributed by atoms with Gasteiger partial charge in [-0.1, -0.05) is 18.2 Å². The molecule has 0 aliphatic carbocycles. The maximum absolute atomic E-state index is 12.2. The molecule has 23 heavy (non-hydrogen) atoms. The Morgan fingerprint density at radius 3 is 2.35 bits per heavy atom. The summed E-state index contributed by atoms with van der Waals surface area (Å²) >= 11 is 0. The predicted octanol–water partition coefficient (Wildman–Crippen LogP) is 0.896. The lowest BCUT2D eigenvalue weighted by Gasteiger charge is -2.41. The summed E-state index contributed by atoms with van der Waals surface area (Å²) in [6.07, 6.45) is -4.90. The fourth-order valence-corrected chi connectivity index (χ4v) is 2.43. The van der Waals surface area contributed by atoms with E-state index in [2.05, 4.69) is 0 Å². The number of rotatable bonds is 4. The molecule has 1 aromatic carbocycles. The second-order valence-electron chi connectivity index (χ2n) is 5.25. The average molecular weight is 324 g/mol. The van der Waals surface area contributed by atoms with E-state index in [0.29, 0.717) is 5.56 Å². The molecule has 7 heteroatoms. The van der Waals surface area contributed by atoms with Crippen molar-refractivity contribution in [2.75, 3.05) is 7.11 Å². The smallest absolute Gasteiger partial charge is 0.338 e. The van der Waals surface area contributed by atoms with Gasteiger partial charge >= 0.3 is 11.9 Å². The van der Waals surface area contributed by atoms with Crippen LogP contribution in [0.15, 0.2) is 30.3 Å². The number of ether oxygens (including phenoxy) is 4. The fraction of sp³-hybridized carbons (Fsp3) is 0.500. The Morgan fingerprint density at radius 2 is 1.78 bits per heavy atom. The molecule has 1 aromatic rings. The lowest BCUT2D eigenvalue weighted by Crippen LogP contribution is -2.59. The van der Waals surface area contributed by atoms with Crippen molar-refractivity contribution in [3.05, 3.63) is 35.9 Å². The molecule has 7 nitrogen and oxygen atoms in total. The lowest BCUT2D eigenvalue weighted by atomic mass is 9.99. The number of aliphatic hydroxyl groups excluding tert-OH is 1. The lowest BCUT2D eigenvalue weighted by molar-refractivity contribution is -0.287. The van der Waals surface area contributed by atoms with Crippen LogP contribution in [0.5, 0.6) is 0 Å². The van der Waals surface area contributed by atoms with E-state index < -0.39 is 42.6 Å². The highest BCUT2D eigenvalue weighted by Gasteiger charge is 2.47. The minimum atomic E-state index is -1.26. The molecule has 0 unspecified atom stereocenters. The average Bonchev–Trinajstić information content (AvgIpc) is 2.54. The Bertz CT molecular complexity index is 545. The summed E-state index contributed by atoms with van der Waals surface area (Å²) < 4.78 is 21.1. The van der Waals surface area contributed by atoms with E-state index in [1.165, 1.54) is 14.0 Å². The van der Waals surface area contributed by atoms with Crippen LogP contribution in [0.1, 0.15) is 24.2 Å². The van der Waals surface area contributed by atoms with Crippen molar-refractivity contribution >= 4 is 11.9 Å². The number of hydrogen-bond donors (Lipinski definition) is 1. The number of hydrogen-bond acceptors (Lipinski definition) is 7. The van der Waals surface area contributed by atoms with Crippen LogP contribution < -0.4 is 0 Å². The van der Waals surface area contributed by atoms with Crippen molar-refractivity contribution in [2.24, 2.45) is 0 Å². The van der Waals surface area contributed by atoms with E-state index in [-0.39, 0.29) is 0 Å². The molecule has 0 spiro atoms. The van der Waals surface area contributed by atoms with Gasteiger partial charge in [0, 0.05) is 14.0 Å². The van der Waals surface area contributed by atoms with E-state index in [4.69, 9.17) is 18.9 Å². The van der Waals surface area contributed by atoms with Crippen molar-refractivity contribution in [3.8, 4) is 0 Å². The zero-order valence-electron chi connectivity index (χ0n) is 13.2. The molecule has 1 aliphatic rings. The summed E-state index contributed by atoms with van der Waals surface area (Å²) in [6.45, 7) is 2.87. The van der Waals surface area contributed by atoms with Crippen LogP contribution in [0, 0.1) is 0 Å². The third-order valence-electron chi connectivity index (χ3n) is 3.54. The number of carbonyl (C=O) groups is 2. The highest BCUT2D eigenvalue weighted by Crippen LogP contribution is 2.27. The first-order valence-electron chi connectivity index (χ1n) is 7.23. The molecule has 0 saturated carbocycles. The van der Waals surface area contributed by atoms with Crippen LogP contribution in [0.25, 0.3) is 0 Å². The largest absolute Gasteiger partial charge is 0.457 e. The predicted molar refractivity (Wildman–Crippen MR) is 78.6 cm³/mol. The van der Waals surface area contributed by atoms with E-state index in [1.54, 1.807) is 37.3 Å². The second kappa shape index (κ2) is 7.54. The first kappa shape index (κ1) is 17.4. The van der Waals surface area contributed by atoms with Gasteiger partial charge in [-0.05, 0) is 19.1 Å². The van der Waals surface area contributed by atoms with Crippen molar-refractivity contribution in [1.29, 1.82) is 0 Å². The minimum absolute atomic E-state index is 0.331. The van der Waals surface area contributed by atoms with Gasteiger partial charge in [0.1, 0.15) is 6.10 Å². The summed E-state index contributed by atoms with van der Waals surface area (Å²) in [4.78, 5) is 23.4. The summed E-state index contributed by atoms with van der Waals surface area (Å²) in [7, 11) is 1.37. The topological polar surface area (TPSA) is 91.3 Å². The van der Waals surface area contributed by atoms with Gasteiger partial charge in [0.05, 0.1) is 11.7 Å². The van der Waals surface area contributed by atoms with Crippen LogP contribution in [0.3, 0.4) is 0 Å². The molecule has 1 N–H and O–H groups in total. The van der Waals surface area contributed by atoms with Crippen molar-refractivity contribution in [2.45, 2.75) is 44.6 Å². The SMILES string of the molecule is CO[C@H]1O[C@H](C)[C@H](OC(C)=O)[C@H](O)[C@H]1OC(=O)c1ccccc1. The summed E-state index contributed by atoms with van der Waals surface area (Å²) in [5, 5.41) is 10.4. The molecule has 1 heterocycles.